The average molecular weight is 412 g/mol. The Kier molecular flexibility index (Phi) is 5.84. The molecule has 0 aliphatic carbocycles. The van der Waals surface area contributed by atoms with Crippen molar-refractivity contribution in [1.29, 1.82) is 0 Å². The van der Waals surface area contributed by atoms with Gasteiger partial charge in [0.05, 0.1) is 36.0 Å². The van der Waals surface area contributed by atoms with Crippen molar-refractivity contribution in [1.82, 2.24) is 20.8 Å². The zero-order chi connectivity index (χ0) is 21.6. The van der Waals surface area contributed by atoms with Crippen LogP contribution in [0.4, 0.5) is 0 Å². The van der Waals surface area contributed by atoms with E-state index >= 15 is 0 Å². The minimum Gasteiger partial charge on any atom is -0.497 e. The van der Waals surface area contributed by atoms with Gasteiger partial charge in [0.2, 0.25) is 5.91 Å². The van der Waals surface area contributed by atoms with Crippen molar-refractivity contribution in [3.05, 3.63) is 90.1 Å². The van der Waals surface area contributed by atoms with E-state index < -0.39 is 5.91 Å². The number of nitrogens with one attached hydrogen (secondary N) is 2. The number of hydrazine groups is 1. The molecule has 0 aliphatic rings. The summed E-state index contributed by atoms with van der Waals surface area (Å²) in [6.07, 6.45) is 1.80. The zero-order valence-corrected chi connectivity index (χ0v) is 16.8. The summed E-state index contributed by atoms with van der Waals surface area (Å²) in [6, 6.07) is 21.7. The fourth-order valence-corrected chi connectivity index (χ4v) is 3.18. The Morgan fingerprint density at radius 1 is 0.903 bits per heavy atom. The number of rotatable bonds is 5. The molecule has 0 fully saturated rings. The Morgan fingerprint density at radius 3 is 2.42 bits per heavy atom. The second-order valence-corrected chi connectivity index (χ2v) is 6.81. The topological polar surface area (TPSA) is 93.2 Å². The summed E-state index contributed by atoms with van der Waals surface area (Å²) < 4.78 is 5.11. The number of hydrogen-bond donors (Lipinski definition) is 2. The second-order valence-electron chi connectivity index (χ2n) is 6.81. The summed E-state index contributed by atoms with van der Waals surface area (Å²) in [6.45, 7) is 0. The Bertz CT molecular complexity index is 1220. The Morgan fingerprint density at radius 2 is 1.68 bits per heavy atom. The van der Waals surface area contributed by atoms with Crippen LogP contribution in [0.15, 0.2) is 79.0 Å². The van der Waals surface area contributed by atoms with Gasteiger partial charge in [-0.05, 0) is 42.0 Å². The number of amides is 2. The Labute approximate surface area is 179 Å². The van der Waals surface area contributed by atoms with Crippen LogP contribution in [0.25, 0.3) is 22.3 Å². The summed E-state index contributed by atoms with van der Waals surface area (Å²) >= 11 is 0. The molecule has 0 unspecified atom stereocenters. The van der Waals surface area contributed by atoms with E-state index in [1.54, 1.807) is 43.6 Å². The number of nitrogens with zero attached hydrogens (tertiary/aromatic N) is 2. The van der Waals surface area contributed by atoms with E-state index in [1.165, 1.54) is 0 Å². The van der Waals surface area contributed by atoms with E-state index in [-0.39, 0.29) is 12.3 Å². The molecule has 0 atom stereocenters. The molecule has 2 N–H and O–H groups in total. The number of pyridine rings is 2. The number of methoxy groups -OCH3 is 1. The van der Waals surface area contributed by atoms with Crippen LogP contribution in [0.3, 0.4) is 0 Å². The van der Waals surface area contributed by atoms with Gasteiger partial charge in [-0.3, -0.25) is 25.4 Å². The maximum atomic E-state index is 12.9. The van der Waals surface area contributed by atoms with Crippen molar-refractivity contribution in [3.63, 3.8) is 0 Å². The monoisotopic (exact) mass is 412 g/mol. The predicted molar refractivity (Wildman–Crippen MR) is 117 cm³/mol. The van der Waals surface area contributed by atoms with Gasteiger partial charge in [0, 0.05) is 11.6 Å². The van der Waals surface area contributed by atoms with Gasteiger partial charge in [0.15, 0.2) is 0 Å². The third kappa shape index (κ3) is 4.67. The van der Waals surface area contributed by atoms with Crippen molar-refractivity contribution >= 4 is 22.7 Å². The van der Waals surface area contributed by atoms with Gasteiger partial charge in [0.25, 0.3) is 5.91 Å². The van der Waals surface area contributed by atoms with Crippen LogP contribution in [-0.2, 0) is 11.2 Å². The number of ether oxygens (including phenoxy) is 1. The Balaban J connectivity index is 1.52. The van der Waals surface area contributed by atoms with Crippen molar-refractivity contribution in [2.75, 3.05) is 7.11 Å². The lowest BCUT2D eigenvalue weighted by molar-refractivity contribution is -0.121. The first kappa shape index (κ1) is 20.0. The van der Waals surface area contributed by atoms with Gasteiger partial charge in [-0.15, -0.1) is 0 Å². The van der Waals surface area contributed by atoms with Gasteiger partial charge < -0.3 is 4.74 Å². The molecular formula is C24H20N4O3. The van der Waals surface area contributed by atoms with Crippen molar-refractivity contribution in [2.45, 2.75) is 6.42 Å². The smallest absolute Gasteiger partial charge is 0.270 e. The van der Waals surface area contributed by atoms with Crippen LogP contribution in [0, 0.1) is 0 Å². The summed E-state index contributed by atoms with van der Waals surface area (Å²) in [5, 5.41) is 0.684. The molecule has 0 saturated carbocycles. The first-order valence-electron chi connectivity index (χ1n) is 9.67. The number of hydrogen-bond acceptors (Lipinski definition) is 5. The zero-order valence-electron chi connectivity index (χ0n) is 16.8. The van der Waals surface area contributed by atoms with Crippen LogP contribution < -0.4 is 15.6 Å². The lowest BCUT2D eigenvalue weighted by Crippen LogP contribution is -2.42. The fraction of sp³-hybridized carbons (Fsp3) is 0.0833. The van der Waals surface area contributed by atoms with Crippen LogP contribution in [0.5, 0.6) is 5.75 Å². The fourth-order valence-electron chi connectivity index (χ4n) is 3.18. The molecule has 2 amide bonds. The van der Waals surface area contributed by atoms with Gasteiger partial charge in [-0.2, -0.15) is 0 Å². The third-order valence-corrected chi connectivity index (χ3v) is 4.73. The largest absolute Gasteiger partial charge is 0.497 e. The molecule has 7 heteroatoms. The quantitative estimate of drug-likeness (QED) is 0.491. The molecule has 4 rings (SSSR count). The normalized spacial score (nSPS) is 10.5. The van der Waals surface area contributed by atoms with E-state index in [2.05, 4.69) is 20.8 Å². The highest BCUT2D eigenvalue weighted by Crippen LogP contribution is 2.23. The maximum absolute atomic E-state index is 12.9. The van der Waals surface area contributed by atoms with Crippen molar-refractivity contribution in [3.8, 4) is 17.1 Å². The summed E-state index contributed by atoms with van der Waals surface area (Å²) in [5.41, 5.74) is 8.08. The molecule has 2 heterocycles. The van der Waals surface area contributed by atoms with Crippen LogP contribution in [0.1, 0.15) is 15.9 Å². The van der Waals surface area contributed by atoms with E-state index in [1.807, 2.05) is 42.5 Å². The molecule has 0 bridgehead atoms. The van der Waals surface area contributed by atoms with E-state index in [0.717, 1.165) is 5.56 Å². The highest BCUT2D eigenvalue weighted by molar-refractivity contribution is 6.07. The van der Waals surface area contributed by atoms with Gasteiger partial charge in [-0.1, -0.05) is 36.4 Å². The number of benzene rings is 2. The lowest BCUT2D eigenvalue weighted by Gasteiger charge is -2.11. The van der Waals surface area contributed by atoms with E-state index in [4.69, 9.17) is 4.74 Å². The first-order chi connectivity index (χ1) is 15.1. The number of carbonyl (C=O) groups is 2. The second kappa shape index (κ2) is 9.04. The number of aromatic nitrogens is 2. The standard InChI is InChI=1S/C24H20N4O3/c1-31-17-11-9-16(10-12-17)14-23(29)27-28-24(30)19-15-22(21-8-4-5-13-25-21)26-20-7-3-2-6-18(19)20/h2-13,15H,14H2,1H3,(H,27,29)(H,28,30). The maximum Gasteiger partial charge on any atom is 0.270 e. The predicted octanol–water partition coefficient (Wildman–Crippen LogP) is 3.31. The van der Waals surface area contributed by atoms with Crippen LogP contribution in [-0.4, -0.2) is 28.9 Å². The molecule has 0 saturated heterocycles. The van der Waals surface area contributed by atoms with Crippen molar-refractivity contribution < 1.29 is 14.3 Å². The molecule has 4 aromatic rings. The molecular weight excluding hydrogens is 392 g/mol. The molecule has 154 valence electrons. The highest BCUT2D eigenvalue weighted by atomic mass is 16.5. The number of carbonyl (C=O) groups excluding carboxylic acids is 2. The van der Waals surface area contributed by atoms with Gasteiger partial charge in [-0.25, -0.2) is 4.98 Å². The summed E-state index contributed by atoms with van der Waals surface area (Å²) in [5.74, 6) is -0.0496. The van der Waals surface area contributed by atoms with E-state index in [9.17, 15) is 9.59 Å². The van der Waals surface area contributed by atoms with E-state index in [0.29, 0.717) is 33.6 Å². The third-order valence-electron chi connectivity index (χ3n) is 4.73. The lowest BCUT2D eigenvalue weighted by atomic mass is 10.1. The SMILES string of the molecule is COc1ccc(CC(=O)NNC(=O)c2cc(-c3ccccn3)nc3ccccc23)cc1. The van der Waals surface area contributed by atoms with Crippen molar-refractivity contribution in [2.24, 2.45) is 0 Å². The summed E-state index contributed by atoms with van der Waals surface area (Å²) in [7, 11) is 1.58. The molecule has 31 heavy (non-hydrogen) atoms. The summed E-state index contributed by atoms with van der Waals surface area (Å²) in [4.78, 5) is 34.1. The average Bonchev–Trinajstić information content (AvgIpc) is 2.83. The number of fused-ring (bicyclic) bond motifs is 1. The molecule has 7 nitrogen and oxygen atoms in total. The molecule has 2 aromatic carbocycles. The molecule has 0 spiro atoms. The Hall–Kier alpha value is -4.26. The number of para-hydroxylation sites is 1. The highest BCUT2D eigenvalue weighted by Gasteiger charge is 2.15. The minimum atomic E-state index is -0.432. The molecule has 0 radical (unpaired) electrons. The first-order valence-corrected chi connectivity index (χ1v) is 9.67. The molecule has 0 aliphatic heterocycles. The van der Waals surface area contributed by atoms with Gasteiger partial charge >= 0.3 is 0 Å². The van der Waals surface area contributed by atoms with Crippen LogP contribution >= 0.6 is 0 Å². The van der Waals surface area contributed by atoms with Crippen LogP contribution in [0.2, 0.25) is 0 Å². The van der Waals surface area contributed by atoms with Gasteiger partial charge in [0.1, 0.15) is 5.75 Å². The molecule has 2 aromatic heterocycles. The minimum absolute atomic E-state index is 0.126.